The summed E-state index contributed by atoms with van der Waals surface area (Å²) in [4.78, 5) is 0. The first-order valence-corrected chi connectivity index (χ1v) is 4.59. The molecule has 1 aromatic carbocycles. The highest BCUT2D eigenvalue weighted by Gasteiger charge is 2.18. The van der Waals surface area contributed by atoms with Crippen LogP contribution in [0, 0.1) is 5.82 Å². The molecule has 1 heterocycles. The number of para-hydroxylation sites is 1. The maximum absolute atomic E-state index is 13.3. The van der Waals surface area contributed by atoms with Crippen molar-refractivity contribution in [3.05, 3.63) is 24.0 Å². The van der Waals surface area contributed by atoms with Gasteiger partial charge in [-0.2, -0.15) is 0 Å². The molecule has 1 unspecified atom stereocenters. The average molecular weight is 196 g/mol. The summed E-state index contributed by atoms with van der Waals surface area (Å²) in [5.74, 6) is -0.217. The molecule has 1 aliphatic rings. The van der Waals surface area contributed by atoms with E-state index in [0.717, 1.165) is 5.69 Å². The van der Waals surface area contributed by atoms with E-state index in [0.29, 0.717) is 18.8 Å². The van der Waals surface area contributed by atoms with Crippen molar-refractivity contribution in [2.45, 2.75) is 6.04 Å². The van der Waals surface area contributed by atoms with E-state index in [1.165, 1.54) is 6.07 Å². The van der Waals surface area contributed by atoms with Crippen LogP contribution in [-0.4, -0.2) is 26.3 Å². The van der Waals surface area contributed by atoms with Crippen molar-refractivity contribution in [2.75, 3.05) is 30.9 Å². The highest BCUT2D eigenvalue weighted by molar-refractivity contribution is 5.71. The van der Waals surface area contributed by atoms with Crippen LogP contribution in [0.4, 0.5) is 15.8 Å². The van der Waals surface area contributed by atoms with Crippen LogP contribution < -0.4 is 10.6 Å². The zero-order chi connectivity index (χ0) is 9.97. The first-order valence-electron chi connectivity index (χ1n) is 4.59. The van der Waals surface area contributed by atoms with Crippen molar-refractivity contribution in [1.29, 1.82) is 0 Å². The molecule has 0 bridgehead atoms. The van der Waals surface area contributed by atoms with Gasteiger partial charge in [0.25, 0.3) is 0 Å². The van der Waals surface area contributed by atoms with Crippen molar-refractivity contribution in [3.8, 4) is 0 Å². The van der Waals surface area contributed by atoms with Crippen LogP contribution in [-0.2, 0) is 4.74 Å². The fourth-order valence-corrected chi connectivity index (χ4v) is 1.62. The molecule has 0 spiro atoms. The first kappa shape index (κ1) is 9.27. The van der Waals surface area contributed by atoms with Crippen molar-refractivity contribution in [1.82, 2.24) is 0 Å². The molecule has 0 aliphatic carbocycles. The number of fused-ring (bicyclic) bond motifs is 1. The van der Waals surface area contributed by atoms with E-state index < -0.39 is 0 Å². The van der Waals surface area contributed by atoms with Crippen molar-refractivity contribution in [3.63, 3.8) is 0 Å². The van der Waals surface area contributed by atoms with Crippen LogP contribution in [0.25, 0.3) is 0 Å². The van der Waals surface area contributed by atoms with Gasteiger partial charge in [-0.15, -0.1) is 0 Å². The lowest BCUT2D eigenvalue weighted by molar-refractivity contribution is 0.188. The predicted octanol–water partition coefficient (Wildman–Crippen LogP) is 1.68. The van der Waals surface area contributed by atoms with E-state index in [1.54, 1.807) is 13.2 Å². The number of nitrogens with one attached hydrogen (secondary N) is 2. The molecular formula is C10H13FN2O. The van der Waals surface area contributed by atoms with Crippen LogP contribution in [0.3, 0.4) is 0 Å². The number of ether oxygens (including phenoxy) is 1. The number of methoxy groups -OCH3 is 1. The normalized spacial score (nSPS) is 19.4. The second-order valence-corrected chi connectivity index (χ2v) is 3.34. The molecular weight excluding hydrogens is 183 g/mol. The third kappa shape index (κ3) is 1.65. The Bertz CT molecular complexity index is 330. The lowest BCUT2D eigenvalue weighted by Crippen LogP contribution is -2.36. The maximum atomic E-state index is 13.3. The molecule has 0 aromatic heterocycles. The molecule has 1 atom stereocenters. The van der Waals surface area contributed by atoms with Gasteiger partial charge in [-0.1, -0.05) is 6.07 Å². The van der Waals surface area contributed by atoms with Crippen molar-refractivity contribution in [2.24, 2.45) is 0 Å². The monoisotopic (exact) mass is 196 g/mol. The topological polar surface area (TPSA) is 33.3 Å². The maximum Gasteiger partial charge on any atom is 0.148 e. The predicted molar refractivity (Wildman–Crippen MR) is 54.2 cm³/mol. The minimum atomic E-state index is -0.217. The minimum Gasteiger partial charge on any atom is -0.382 e. The Kier molecular flexibility index (Phi) is 2.54. The second kappa shape index (κ2) is 3.84. The van der Waals surface area contributed by atoms with Gasteiger partial charge in [0, 0.05) is 13.7 Å². The zero-order valence-corrected chi connectivity index (χ0v) is 8.01. The SMILES string of the molecule is COCC1CNc2c(F)cccc2N1. The van der Waals surface area contributed by atoms with Gasteiger partial charge in [-0.25, -0.2) is 4.39 Å². The van der Waals surface area contributed by atoms with Gasteiger partial charge in [0.05, 0.1) is 24.0 Å². The fourth-order valence-electron chi connectivity index (χ4n) is 1.62. The van der Waals surface area contributed by atoms with Gasteiger partial charge in [-0.3, -0.25) is 0 Å². The number of rotatable bonds is 2. The van der Waals surface area contributed by atoms with E-state index in [2.05, 4.69) is 10.6 Å². The molecule has 0 saturated heterocycles. The van der Waals surface area contributed by atoms with E-state index in [-0.39, 0.29) is 11.9 Å². The molecule has 0 radical (unpaired) electrons. The van der Waals surface area contributed by atoms with Gasteiger partial charge in [-0.05, 0) is 12.1 Å². The molecule has 4 heteroatoms. The molecule has 0 amide bonds. The van der Waals surface area contributed by atoms with Gasteiger partial charge < -0.3 is 15.4 Å². The van der Waals surface area contributed by atoms with Gasteiger partial charge in [0.2, 0.25) is 0 Å². The first-order chi connectivity index (χ1) is 6.81. The second-order valence-electron chi connectivity index (χ2n) is 3.34. The molecule has 2 N–H and O–H groups in total. The Balaban J connectivity index is 2.18. The van der Waals surface area contributed by atoms with Crippen LogP contribution in [0.1, 0.15) is 0 Å². The Morgan fingerprint density at radius 1 is 1.57 bits per heavy atom. The standard InChI is InChI=1S/C10H13FN2O/c1-14-6-7-5-12-10-8(11)3-2-4-9(10)13-7/h2-4,7,12-13H,5-6H2,1H3. The molecule has 1 aromatic rings. The number of benzene rings is 1. The van der Waals surface area contributed by atoms with E-state index in [1.807, 2.05) is 6.07 Å². The Morgan fingerprint density at radius 3 is 3.21 bits per heavy atom. The highest BCUT2D eigenvalue weighted by Crippen LogP contribution is 2.28. The summed E-state index contributed by atoms with van der Waals surface area (Å²) in [6.07, 6.45) is 0. The van der Waals surface area contributed by atoms with Gasteiger partial charge in [0.15, 0.2) is 0 Å². The lowest BCUT2D eigenvalue weighted by Gasteiger charge is -2.27. The summed E-state index contributed by atoms with van der Waals surface area (Å²) in [5, 5.41) is 6.26. The number of hydrogen-bond acceptors (Lipinski definition) is 3. The van der Waals surface area contributed by atoms with E-state index in [9.17, 15) is 4.39 Å². The summed E-state index contributed by atoms with van der Waals surface area (Å²) in [7, 11) is 1.66. The smallest absolute Gasteiger partial charge is 0.148 e. The van der Waals surface area contributed by atoms with Crippen LogP contribution in [0.15, 0.2) is 18.2 Å². The molecule has 76 valence electrons. The molecule has 3 nitrogen and oxygen atoms in total. The molecule has 2 rings (SSSR count). The van der Waals surface area contributed by atoms with E-state index in [4.69, 9.17) is 4.74 Å². The number of anilines is 2. The number of hydrogen-bond donors (Lipinski definition) is 2. The summed E-state index contributed by atoms with van der Waals surface area (Å²) in [5.41, 5.74) is 1.36. The quantitative estimate of drug-likeness (QED) is 0.755. The lowest BCUT2D eigenvalue weighted by atomic mass is 10.1. The third-order valence-electron chi connectivity index (χ3n) is 2.27. The summed E-state index contributed by atoms with van der Waals surface area (Å²) < 4.78 is 18.3. The van der Waals surface area contributed by atoms with Crippen LogP contribution in [0.5, 0.6) is 0 Å². The summed E-state index contributed by atoms with van der Waals surface area (Å²) in [6, 6.07) is 5.20. The summed E-state index contributed by atoms with van der Waals surface area (Å²) in [6.45, 7) is 1.30. The summed E-state index contributed by atoms with van der Waals surface area (Å²) >= 11 is 0. The Hall–Kier alpha value is -1.29. The zero-order valence-electron chi connectivity index (χ0n) is 8.01. The minimum absolute atomic E-state index is 0.203. The molecule has 1 aliphatic heterocycles. The van der Waals surface area contributed by atoms with Crippen molar-refractivity contribution >= 4 is 11.4 Å². The Morgan fingerprint density at radius 2 is 2.43 bits per heavy atom. The highest BCUT2D eigenvalue weighted by atomic mass is 19.1. The van der Waals surface area contributed by atoms with Gasteiger partial charge in [0.1, 0.15) is 5.82 Å². The molecule has 14 heavy (non-hydrogen) atoms. The fraction of sp³-hybridized carbons (Fsp3) is 0.400. The van der Waals surface area contributed by atoms with E-state index >= 15 is 0 Å². The average Bonchev–Trinajstić information content (AvgIpc) is 2.18. The Labute approximate surface area is 82.3 Å². The largest absolute Gasteiger partial charge is 0.382 e. The van der Waals surface area contributed by atoms with Crippen LogP contribution in [0.2, 0.25) is 0 Å². The number of halogens is 1. The molecule has 0 fully saturated rings. The molecule has 0 saturated carbocycles. The third-order valence-corrected chi connectivity index (χ3v) is 2.27. The van der Waals surface area contributed by atoms with Crippen molar-refractivity contribution < 1.29 is 9.13 Å². The van der Waals surface area contributed by atoms with Gasteiger partial charge >= 0.3 is 0 Å². The van der Waals surface area contributed by atoms with Crippen LogP contribution >= 0.6 is 0 Å².